The van der Waals surface area contributed by atoms with Crippen molar-refractivity contribution < 1.29 is 9.31 Å². The molecule has 2 aromatic rings. The van der Waals surface area contributed by atoms with Gasteiger partial charge in [-0.25, -0.2) is 4.39 Å². The largest absolute Gasteiger partial charge is 0.375 e. The van der Waals surface area contributed by atoms with E-state index in [1.54, 1.807) is 0 Å². The molecule has 110 valence electrons. The molecule has 0 atom stereocenters. The second-order valence-electron chi connectivity index (χ2n) is 4.37. The Labute approximate surface area is 125 Å². The maximum absolute atomic E-state index is 13.5. The number of nitro benzene ring substituents is 1. The van der Waals surface area contributed by atoms with E-state index in [1.807, 2.05) is 24.3 Å². The second-order valence-corrected chi connectivity index (χ2v) is 4.77. The zero-order chi connectivity index (χ0) is 15.4. The summed E-state index contributed by atoms with van der Waals surface area (Å²) in [5, 5.41) is 13.6. The first-order valence-electron chi connectivity index (χ1n) is 6.17. The minimum atomic E-state index is -0.711. The predicted octanol–water partition coefficient (Wildman–Crippen LogP) is 3.46. The molecule has 0 aromatic heterocycles. The summed E-state index contributed by atoms with van der Waals surface area (Å²) in [5.74, 6) is -0.711. The molecular weight excluding hydrogens is 297 g/mol. The van der Waals surface area contributed by atoms with Crippen molar-refractivity contribution in [2.45, 2.75) is 13.1 Å². The minimum absolute atomic E-state index is 0.0775. The van der Waals surface area contributed by atoms with Gasteiger partial charge in [0, 0.05) is 25.2 Å². The maximum atomic E-state index is 13.5. The molecular formula is C14H13ClFN3O2. The van der Waals surface area contributed by atoms with Crippen LogP contribution in [0.5, 0.6) is 0 Å². The molecule has 7 heteroatoms. The highest BCUT2D eigenvalue weighted by atomic mass is 35.5. The molecule has 2 aromatic carbocycles. The number of rotatable bonds is 5. The molecule has 0 aliphatic rings. The van der Waals surface area contributed by atoms with Gasteiger partial charge in [0.05, 0.1) is 9.95 Å². The normalized spacial score (nSPS) is 10.4. The summed E-state index contributed by atoms with van der Waals surface area (Å²) >= 11 is 5.57. The SMILES string of the molecule is NCc1ccccc1CNc1cc(F)c(Cl)cc1[N+](=O)[O-]. The molecule has 0 fully saturated rings. The Bertz CT molecular complexity index is 679. The van der Waals surface area contributed by atoms with Crippen molar-refractivity contribution in [3.05, 3.63) is 68.5 Å². The van der Waals surface area contributed by atoms with Gasteiger partial charge in [-0.1, -0.05) is 35.9 Å². The number of benzene rings is 2. The molecule has 0 aliphatic heterocycles. The Hall–Kier alpha value is -2.18. The highest BCUT2D eigenvalue weighted by molar-refractivity contribution is 6.31. The van der Waals surface area contributed by atoms with Crippen LogP contribution in [-0.2, 0) is 13.1 Å². The van der Waals surface area contributed by atoms with Gasteiger partial charge in [-0.15, -0.1) is 0 Å². The highest BCUT2D eigenvalue weighted by Crippen LogP contribution is 2.30. The van der Waals surface area contributed by atoms with E-state index >= 15 is 0 Å². The summed E-state index contributed by atoms with van der Waals surface area (Å²) in [6.45, 7) is 0.657. The topological polar surface area (TPSA) is 81.2 Å². The molecule has 0 aliphatic carbocycles. The van der Waals surface area contributed by atoms with Gasteiger partial charge in [0.25, 0.3) is 5.69 Å². The van der Waals surface area contributed by atoms with Crippen LogP contribution in [0.2, 0.25) is 5.02 Å². The van der Waals surface area contributed by atoms with E-state index in [2.05, 4.69) is 5.32 Å². The molecule has 21 heavy (non-hydrogen) atoms. The van der Waals surface area contributed by atoms with Crippen LogP contribution in [0, 0.1) is 15.9 Å². The molecule has 0 heterocycles. The molecule has 0 saturated heterocycles. The summed E-state index contributed by atoms with van der Waals surface area (Å²) in [6.07, 6.45) is 0. The summed E-state index contributed by atoms with van der Waals surface area (Å²) in [6, 6.07) is 9.43. The van der Waals surface area contributed by atoms with Gasteiger partial charge in [0.15, 0.2) is 0 Å². The summed E-state index contributed by atoms with van der Waals surface area (Å²) in [4.78, 5) is 10.4. The Morgan fingerprint density at radius 3 is 2.57 bits per heavy atom. The Morgan fingerprint density at radius 1 is 1.29 bits per heavy atom. The summed E-state index contributed by atoms with van der Waals surface area (Å²) in [7, 11) is 0. The lowest BCUT2D eigenvalue weighted by molar-refractivity contribution is -0.384. The van der Waals surface area contributed by atoms with E-state index in [0.717, 1.165) is 23.3 Å². The van der Waals surface area contributed by atoms with Crippen LogP contribution in [0.15, 0.2) is 36.4 Å². The van der Waals surface area contributed by atoms with Crippen molar-refractivity contribution in [3.63, 3.8) is 0 Å². The lowest BCUT2D eigenvalue weighted by atomic mass is 10.1. The number of nitrogens with zero attached hydrogens (tertiary/aromatic N) is 1. The molecule has 5 nitrogen and oxygen atoms in total. The van der Waals surface area contributed by atoms with Crippen LogP contribution in [0.3, 0.4) is 0 Å². The van der Waals surface area contributed by atoms with Gasteiger partial charge >= 0.3 is 0 Å². The van der Waals surface area contributed by atoms with Crippen LogP contribution in [0.4, 0.5) is 15.8 Å². The van der Waals surface area contributed by atoms with Crippen molar-refractivity contribution in [1.29, 1.82) is 0 Å². The van der Waals surface area contributed by atoms with Crippen molar-refractivity contribution in [1.82, 2.24) is 0 Å². The van der Waals surface area contributed by atoms with Crippen molar-refractivity contribution in [2.24, 2.45) is 5.73 Å². The number of hydrogen-bond acceptors (Lipinski definition) is 4. The number of nitrogens with one attached hydrogen (secondary N) is 1. The number of anilines is 1. The smallest absolute Gasteiger partial charge is 0.294 e. The fraction of sp³-hybridized carbons (Fsp3) is 0.143. The number of hydrogen-bond donors (Lipinski definition) is 2. The van der Waals surface area contributed by atoms with E-state index in [0.29, 0.717) is 13.1 Å². The van der Waals surface area contributed by atoms with E-state index in [-0.39, 0.29) is 16.4 Å². The molecule has 0 bridgehead atoms. The first kappa shape index (κ1) is 15.2. The first-order chi connectivity index (χ1) is 10.0. The molecule has 0 unspecified atom stereocenters. The van der Waals surface area contributed by atoms with Crippen LogP contribution in [0.1, 0.15) is 11.1 Å². The van der Waals surface area contributed by atoms with Gasteiger partial charge in [-0.2, -0.15) is 0 Å². The third-order valence-corrected chi connectivity index (χ3v) is 3.33. The summed E-state index contributed by atoms with van der Waals surface area (Å²) < 4.78 is 13.5. The van der Waals surface area contributed by atoms with Crippen molar-refractivity contribution >= 4 is 23.0 Å². The molecule has 0 spiro atoms. The monoisotopic (exact) mass is 309 g/mol. The van der Waals surface area contributed by atoms with Gasteiger partial charge in [-0.05, 0) is 11.1 Å². The quantitative estimate of drug-likeness (QED) is 0.654. The standard InChI is InChI=1S/C14H13ClFN3O2/c15-11-5-14(19(20)21)13(6-12(11)16)18-8-10-4-2-1-3-9(10)7-17/h1-6,18H,7-8,17H2. The Kier molecular flexibility index (Phi) is 4.72. The van der Waals surface area contributed by atoms with E-state index < -0.39 is 10.7 Å². The van der Waals surface area contributed by atoms with E-state index in [1.165, 1.54) is 0 Å². The molecule has 3 N–H and O–H groups in total. The lowest BCUT2D eigenvalue weighted by Gasteiger charge is -2.11. The van der Waals surface area contributed by atoms with Crippen LogP contribution in [-0.4, -0.2) is 4.92 Å². The molecule has 0 radical (unpaired) electrons. The van der Waals surface area contributed by atoms with Gasteiger partial charge in [0.2, 0.25) is 0 Å². The maximum Gasteiger partial charge on any atom is 0.294 e. The average Bonchev–Trinajstić information content (AvgIpc) is 2.48. The van der Waals surface area contributed by atoms with Crippen LogP contribution >= 0.6 is 11.6 Å². The Morgan fingerprint density at radius 2 is 1.95 bits per heavy atom. The zero-order valence-corrected chi connectivity index (χ0v) is 11.7. The number of nitrogens with two attached hydrogens (primary N) is 1. The molecule has 0 saturated carbocycles. The Balaban J connectivity index is 2.27. The molecule has 0 amide bonds. The molecule has 2 rings (SSSR count). The van der Waals surface area contributed by atoms with Crippen LogP contribution in [0.25, 0.3) is 0 Å². The third-order valence-electron chi connectivity index (χ3n) is 3.04. The predicted molar refractivity (Wildman–Crippen MR) is 79.7 cm³/mol. The fourth-order valence-electron chi connectivity index (χ4n) is 1.95. The number of nitro groups is 1. The second kappa shape index (κ2) is 6.51. The summed E-state index contributed by atoms with van der Waals surface area (Å²) in [5.41, 5.74) is 7.25. The minimum Gasteiger partial charge on any atom is -0.375 e. The van der Waals surface area contributed by atoms with Crippen molar-refractivity contribution in [2.75, 3.05) is 5.32 Å². The van der Waals surface area contributed by atoms with Gasteiger partial charge < -0.3 is 11.1 Å². The van der Waals surface area contributed by atoms with Gasteiger partial charge in [-0.3, -0.25) is 10.1 Å². The number of halogens is 2. The lowest BCUT2D eigenvalue weighted by Crippen LogP contribution is -2.07. The third kappa shape index (κ3) is 3.48. The van der Waals surface area contributed by atoms with E-state index in [9.17, 15) is 14.5 Å². The fourth-order valence-corrected chi connectivity index (χ4v) is 2.11. The first-order valence-corrected chi connectivity index (χ1v) is 6.55. The highest BCUT2D eigenvalue weighted by Gasteiger charge is 2.17. The van der Waals surface area contributed by atoms with Crippen molar-refractivity contribution in [3.8, 4) is 0 Å². The van der Waals surface area contributed by atoms with E-state index in [4.69, 9.17) is 17.3 Å². The van der Waals surface area contributed by atoms with Gasteiger partial charge in [0.1, 0.15) is 11.5 Å². The zero-order valence-electron chi connectivity index (χ0n) is 11.0. The average molecular weight is 310 g/mol. The van der Waals surface area contributed by atoms with Crippen LogP contribution < -0.4 is 11.1 Å².